The number of esters is 1. The molecule has 0 heterocycles. The molecule has 6 nitrogen and oxygen atoms in total. The molecular formula is C16H20N2O4S. The molecule has 0 unspecified atom stereocenters. The predicted molar refractivity (Wildman–Crippen MR) is 92.4 cm³/mol. The zero-order chi connectivity index (χ0) is 17.1. The molecule has 0 aromatic heterocycles. The number of benzene rings is 1. The SMILES string of the molecule is C=CCOc1ccc(NC(=S)NC(=O)CCC(=O)OCC)cc1. The van der Waals surface area contributed by atoms with Gasteiger partial charge in [0.15, 0.2) is 5.11 Å². The summed E-state index contributed by atoms with van der Waals surface area (Å²) in [5, 5.41) is 5.55. The molecule has 0 bridgehead atoms. The number of carbonyl (C=O) groups is 2. The summed E-state index contributed by atoms with van der Waals surface area (Å²) in [6, 6.07) is 7.10. The molecule has 1 aromatic rings. The van der Waals surface area contributed by atoms with Crippen LogP contribution in [0.15, 0.2) is 36.9 Å². The Labute approximate surface area is 140 Å². The van der Waals surface area contributed by atoms with Gasteiger partial charge in [-0.2, -0.15) is 0 Å². The maximum Gasteiger partial charge on any atom is 0.306 e. The van der Waals surface area contributed by atoms with Gasteiger partial charge in [0.2, 0.25) is 5.91 Å². The summed E-state index contributed by atoms with van der Waals surface area (Å²) >= 11 is 5.04. The summed E-state index contributed by atoms with van der Waals surface area (Å²) in [5.41, 5.74) is 0.714. The van der Waals surface area contributed by atoms with Crippen LogP contribution in [-0.2, 0) is 14.3 Å². The van der Waals surface area contributed by atoms with Gasteiger partial charge in [-0.1, -0.05) is 12.7 Å². The van der Waals surface area contributed by atoms with Gasteiger partial charge in [0.1, 0.15) is 12.4 Å². The Morgan fingerprint density at radius 1 is 1.26 bits per heavy atom. The Bertz CT molecular complexity index is 558. The van der Waals surface area contributed by atoms with Gasteiger partial charge in [0, 0.05) is 12.1 Å². The Morgan fingerprint density at radius 2 is 1.96 bits per heavy atom. The largest absolute Gasteiger partial charge is 0.490 e. The zero-order valence-corrected chi connectivity index (χ0v) is 13.8. The maximum atomic E-state index is 11.6. The highest BCUT2D eigenvalue weighted by molar-refractivity contribution is 7.80. The first-order chi connectivity index (χ1) is 11.0. The van der Waals surface area contributed by atoms with E-state index < -0.39 is 5.97 Å². The van der Waals surface area contributed by atoms with Crippen molar-refractivity contribution in [3.05, 3.63) is 36.9 Å². The van der Waals surface area contributed by atoms with Crippen molar-refractivity contribution in [2.24, 2.45) is 0 Å². The summed E-state index contributed by atoms with van der Waals surface area (Å²) in [4.78, 5) is 22.8. The van der Waals surface area contributed by atoms with Crippen molar-refractivity contribution in [3.63, 3.8) is 0 Å². The van der Waals surface area contributed by atoms with Crippen LogP contribution in [0.25, 0.3) is 0 Å². The number of amides is 1. The van der Waals surface area contributed by atoms with E-state index in [9.17, 15) is 9.59 Å². The number of carbonyl (C=O) groups excluding carboxylic acids is 2. The van der Waals surface area contributed by atoms with Gasteiger partial charge in [0.25, 0.3) is 0 Å². The van der Waals surface area contributed by atoms with Gasteiger partial charge in [0.05, 0.1) is 13.0 Å². The second kappa shape index (κ2) is 10.3. The van der Waals surface area contributed by atoms with Crippen LogP contribution in [0.3, 0.4) is 0 Å². The molecule has 0 aliphatic heterocycles. The predicted octanol–water partition coefficient (Wildman–Crippen LogP) is 2.41. The standard InChI is InChI=1S/C16H20N2O4S/c1-3-11-22-13-7-5-12(6-8-13)17-16(23)18-14(19)9-10-15(20)21-4-2/h3,5-8H,1,4,9-11H2,2H3,(H2,17,18,19,23). The van der Waals surface area contributed by atoms with E-state index in [1.807, 2.05) is 0 Å². The van der Waals surface area contributed by atoms with Gasteiger partial charge in [-0.05, 0) is 43.4 Å². The lowest BCUT2D eigenvalue weighted by atomic mass is 10.3. The quantitative estimate of drug-likeness (QED) is 0.431. The van der Waals surface area contributed by atoms with Gasteiger partial charge >= 0.3 is 5.97 Å². The third-order valence-corrected chi connectivity index (χ3v) is 2.80. The van der Waals surface area contributed by atoms with Crippen LogP contribution in [0.2, 0.25) is 0 Å². The Balaban J connectivity index is 2.36. The molecule has 0 atom stereocenters. The molecule has 124 valence electrons. The first-order valence-electron chi connectivity index (χ1n) is 7.15. The molecular weight excluding hydrogens is 316 g/mol. The van der Waals surface area contributed by atoms with Gasteiger partial charge < -0.3 is 20.1 Å². The van der Waals surface area contributed by atoms with E-state index in [0.29, 0.717) is 24.7 Å². The molecule has 2 N–H and O–H groups in total. The second-order valence-corrected chi connectivity index (χ2v) is 4.84. The van der Waals surface area contributed by atoms with Crippen molar-refractivity contribution < 1.29 is 19.1 Å². The average Bonchev–Trinajstić information content (AvgIpc) is 2.52. The molecule has 0 fully saturated rings. The van der Waals surface area contributed by atoms with E-state index >= 15 is 0 Å². The van der Waals surface area contributed by atoms with Gasteiger partial charge in [-0.25, -0.2) is 0 Å². The fourth-order valence-corrected chi connectivity index (χ4v) is 1.82. The lowest BCUT2D eigenvalue weighted by Gasteiger charge is -2.10. The van der Waals surface area contributed by atoms with Crippen LogP contribution in [0, 0.1) is 0 Å². The fourth-order valence-electron chi connectivity index (χ4n) is 1.59. The normalized spacial score (nSPS) is 9.61. The zero-order valence-electron chi connectivity index (χ0n) is 13.0. The smallest absolute Gasteiger partial charge is 0.306 e. The van der Waals surface area contributed by atoms with Crippen molar-refractivity contribution in [1.29, 1.82) is 0 Å². The fraction of sp³-hybridized carbons (Fsp3) is 0.312. The number of ether oxygens (including phenoxy) is 2. The minimum atomic E-state index is -0.406. The number of hydrogen-bond donors (Lipinski definition) is 2. The Hall–Kier alpha value is -2.41. The highest BCUT2D eigenvalue weighted by atomic mass is 32.1. The van der Waals surface area contributed by atoms with Crippen LogP contribution in [0.5, 0.6) is 5.75 Å². The average molecular weight is 336 g/mol. The van der Waals surface area contributed by atoms with Crippen LogP contribution < -0.4 is 15.4 Å². The van der Waals surface area contributed by atoms with E-state index in [1.54, 1.807) is 37.3 Å². The molecule has 1 amide bonds. The van der Waals surface area contributed by atoms with Gasteiger partial charge in [-0.15, -0.1) is 0 Å². The van der Waals surface area contributed by atoms with Crippen molar-refractivity contribution in [2.45, 2.75) is 19.8 Å². The molecule has 0 saturated carbocycles. The van der Waals surface area contributed by atoms with Gasteiger partial charge in [-0.3, -0.25) is 9.59 Å². The summed E-state index contributed by atoms with van der Waals surface area (Å²) < 4.78 is 10.1. The lowest BCUT2D eigenvalue weighted by Crippen LogP contribution is -2.34. The van der Waals surface area contributed by atoms with Crippen molar-refractivity contribution >= 4 is 34.9 Å². The Kier molecular flexibility index (Phi) is 8.38. The number of rotatable bonds is 8. The van der Waals surface area contributed by atoms with Crippen molar-refractivity contribution in [2.75, 3.05) is 18.5 Å². The lowest BCUT2D eigenvalue weighted by molar-refractivity contribution is -0.144. The first-order valence-corrected chi connectivity index (χ1v) is 7.56. The number of hydrogen-bond acceptors (Lipinski definition) is 5. The molecule has 7 heteroatoms. The highest BCUT2D eigenvalue weighted by Gasteiger charge is 2.09. The van der Waals surface area contributed by atoms with E-state index in [-0.39, 0.29) is 23.9 Å². The number of anilines is 1. The summed E-state index contributed by atoms with van der Waals surface area (Å²) in [6.07, 6.45) is 1.71. The molecule has 1 rings (SSSR count). The maximum absolute atomic E-state index is 11.6. The van der Waals surface area contributed by atoms with E-state index in [4.69, 9.17) is 21.7 Å². The van der Waals surface area contributed by atoms with Crippen LogP contribution >= 0.6 is 12.2 Å². The number of thiocarbonyl (C=S) groups is 1. The molecule has 0 saturated heterocycles. The topological polar surface area (TPSA) is 76.7 Å². The third kappa shape index (κ3) is 7.96. The minimum Gasteiger partial charge on any atom is -0.490 e. The molecule has 0 aliphatic carbocycles. The summed E-state index contributed by atoms with van der Waals surface area (Å²) in [6.45, 7) is 6.02. The van der Waals surface area contributed by atoms with Crippen LogP contribution in [-0.4, -0.2) is 30.2 Å². The molecule has 1 aromatic carbocycles. The highest BCUT2D eigenvalue weighted by Crippen LogP contribution is 2.15. The molecule has 0 radical (unpaired) electrons. The second-order valence-electron chi connectivity index (χ2n) is 4.43. The molecule has 23 heavy (non-hydrogen) atoms. The summed E-state index contributed by atoms with van der Waals surface area (Å²) in [7, 11) is 0. The molecule has 0 aliphatic rings. The van der Waals surface area contributed by atoms with Crippen LogP contribution in [0.1, 0.15) is 19.8 Å². The molecule has 0 spiro atoms. The Morgan fingerprint density at radius 3 is 2.57 bits per heavy atom. The van der Waals surface area contributed by atoms with Crippen LogP contribution in [0.4, 0.5) is 5.69 Å². The minimum absolute atomic E-state index is 0.0228. The van der Waals surface area contributed by atoms with E-state index in [1.165, 1.54) is 0 Å². The van der Waals surface area contributed by atoms with E-state index in [2.05, 4.69) is 17.2 Å². The number of nitrogens with one attached hydrogen (secondary N) is 2. The van der Waals surface area contributed by atoms with Crippen molar-refractivity contribution in [1.82, 2.24) is 5.32 Å². The first kappa shape index (κ1) is 18.6. The summed E-state index contributed by atoms with van der Waals surface area (Å²) in [5.74, 6) is -0.0435. The van der Waals surface area contributed by atoms with E-state index in [0.717, 1.165) is 0 Å². The van der Waals surface area contributed by atoms with Crippen molar-refractivity contribution in [3.8, 4) is 5.75 Å². The monoisotopic (exact) mass is 336 g/mol. The third-order valence-electron chi connectivity index (χ3n) is 2.59.